The number of hydrogen-bond donors (Lipinski definition) is 1. The Morgan fingerprint density at radius 2 is 1.68 bits per heavy atom. The van der Waals surface area contributed by atoms with Crippen molar-refractivity contribution in [1.82, 2.24) is 4.57 Å². The second-order valence-corrected chi connectivity index (χ2v) is 5.85. The maximum absolute atomic E-state index is 12.8. The molecule has 0 aliphatic heterocycles. The number of carboxylic acid groups (broad SMARTS) is 1. The fraction of sp³-hybridized carbons (Fsp3) is 0.0588. The van der Waals surface area contributed by atoms with Gasteiger partial charge in [-0.1, -0.05) is 34.1 Å². The van der Waals surface area contributed by atoms with Crippen LogP contribution in [-0.4, -0.2) is 21.6 Å². The molecule has 4 nitrogen and oxygen atoms in total. The summed E-state index contributed by atoms with van der Waals surface area (Å²) >= 11 is 3.33. The highest BCUT2D eigenvalue weighted by atomic mass is 79.9. The highest BCUT2D eigenvalue weighted by Gasteiger charge is 2.23. The van der Waals surface area contributed by atoms with Gasteiger partial charge in [0.15, 0.2) is 0 Å². The van der Waals surface area contributed by atoms with Crippen LogP contribution in [0.2, 0.25) is 0 Å². The van der Waals surface area contributed by atoms with Crippen LogP contribution in [0.1, 0.15) is 26.4 Å². The molecule has 0 aliphatic carbocycles. The molecule has 3 rings (SSSR count). The fourth-order valence-corrected chi connectivity index (χ4v) is 2.88. The third kappa shape index (κ3) is 2.23. The SMILES string of the molecule is Cc1c(C(=O)O)c2ccccc2n1C(=O)c1ccc(Br)cc1. The highest BCUT2D eigenvalue weighted by Crippen LogP contribution is 2.27. The molecule has 1 heterocycles. The van der Waals surface area contributed by atoms with E-state index in [4.69, 9.17) is 0 Å². The summed E-state index contributed by atoms with van der Waals surface area (Å²) in [6, 6.07) is 14.0. The van der Waals surface area contributed by atoms with Crippen LogP contribution in [0.15, 0.2) is 53.0 Å². The van der Waals surface area contributed by atoms with Gasteiger partial charge in [0, 0.05) is 21.1 Å². The molecule has 1 N–H and O–H groups in total. The molecular formula is C17H12BrNO3. The number of para-hydroxylation sites is 1. The van der Waals surface area contributed by atoms with E-state index in [9.17, 15) is 14.7 Å². The zero-order valence-electron chi connectivity index (χ0n) is 11.7. The summed E-state index contributed by atoms with van der Waals surface area (Å²) in [6.45, 7) is 1.65. The van der Waals surface area contributed by atoms with Crippen LogP contribution in [0, 0.1) is 6.92 Å². The summed E-state index contributed by atoms with van der Waals surface area (Å²) in [5, 5.41) is 10.0. The lowest BCUT2D eigenvalue weighted by Crippen LogP contribution is -2.14. The topological polar surface area (TPSA) is 59.3 Å². The van der Waals surface area contributed by atoms with Crippen LogP contribution in [0.25, 0.3) is 10.9 Å². The number of fused-ring (bicyclic) bond motifs is 1. The third-order valence-corrected chi connectivity index (χ3v) is 4.15. The first kappa shape index (κ1) is 14.5. The average molecular weight is 358 g/mol. The molecule has 3 aromatic rings. The minimum absolute atomic E-state index is 0.168. The molecule has 0 unspecified atom stereocenters. The van der Waals surface area contributed by atoms with Crippen molar-refractivity contribution in [2.75, 3.05) is 0 Å². The van der Waals surface area contributed by atoms with Crippen LogP contribution < -0.4 is 0 Å². The highest BCUT2D eigenvalue weighted by molar-refractivity contribution is 9.10. The number of halogens is 1. The van der Waals surface area contributed by atoms with E-state index in [-0.39, 0.29) is 11.5 Å². The van der Waals surface area contributed by atoms with Crippen molar-refractivity contribution in [1.29, 1.82) is 0 Å². The Hall–Kier alpha value is -2.40. The molecule has 1 aromatic heterocycles. The van der Waals surface area contributed by atoms with Crippen LogP contribution in [0.4, 0.5) is 0 Å². The Kier molecular flexibility index (Phi) is 3.58. The number of benzene rings is 2. The maximum Gasteiger partial charge on any atom is 0.338 e. The standard InChI is InChI=1S/C17H12BrNO3/c1-10-15(17(21)22)13-4-2-3-5-14(13)19(10)16(20)11-6-8-12(18)9-7-11/h2-9H,1H3,(H,21,22). The average Bonchev–Trinajstić information content (AvgIpc) is 2.79. The van der Waals surface area contributed by atoms with E-state index < -0.39 is 5.97 Å². The van der Waals surface area contributed by atoms with Gasteiger partial charge in [-0.2, -0.15) is 0 Å². The first-order chi connectivity index (χ1) is 10.5. The number of aromatic nitrogens is 1. The molecule has 0 fully saturated rings. The molecule has 0 bridgehead atoms. The van der Waals surface area contributed by atoms with Crippen LogP contribution in [-0.2, 0) is 0 Å². The zero-order valence-corrected chi connectivity index (χ0v) is 13.3. The first-order valence-electron chi connectivity index (χ1n) is 6.64. The number of rotatable bonds is 2. The summed E-state index contributed by atoms with van der Waals surface area (Å²) in [4.78, 5) is 24.3. The molecule has 2 aromatic carbocycles. The lowest BCUT2D eigenvalue weighted by Gasteiger charge is -2.07. The Bertz CT molecular complexity index is 894. The van der Waals surface area contributed by atoms with Crippen molar-refractivity contribution >= 4 is 38.7 Å². The van der Waals surface area contributed by atoms with E-state index in [0.717, 1.165) is 4.47 Å². The van der Waals surface area contributed by atoms with E-state index in [1.807, 2.05) is 0 Å². The lowest BCUT2D eigenvalue weighted by atomic mass is 10.1. The van der Waals surface area contributed by atoms with Gasteiger partial charge in [0.1, 0.15) is 0 Å². The fourth-order valence-electron chi connectivity index (χ4n) is 2.62. The molecule has 0 radical (unpaired) electrons. The molecule has 0 saturated heterocycles. The van der Waals surface area contributed by atoms with Gasteiger partial charge in [0.2, 0.25) is 0 Å². The normalized spacial score (nSPS) is 10.8. The smallest absolute Gasteiger partial charge is 0.338 e. The summed E-state index contributed by atoms with van der Waals surface area (Å²) in [7, 11) is 0. The zero-order chi connectivity index (χ0) is 15.9. The first-order valence-corrected chi connectivity index (χ1v) is 7.43. The van der Waals surface area contributed by atoms with E-state index >= 15 is 0 Å². The molecule has 0 spiro atoms. The van der Waals surface area contributed by atoms with Crippen molar-refractivity contribution in [3.63, 3.8) is 0 Å². The third-order valence-electron chi connectivity index (χ3n) is 3.62. The number of carbonyl (C=O) groups excluding carboxylic acids is 1. The summed E-state index contributed by atoms with van der Waals surface area (Å²) < 4.78 is 2.34. The van der Waals surface area contributed by atoms with Gasteiger partial charge in [-0.15, -0.1) is 0 Å². The summed E-state index contributed by atoms with van der Waals surface area (Å²) in [5.41, 5.74) is 1.71. The number of carbonyl (C=O) groups is 2. The summed E-state index contributed by atoms with van der Waals surface area (Å²) in [6.07, 6.45) is 0. The van der Waals surface area contributed by atoms with E-state index in [1.165, 1.54) is 4.57 Å². The van der Waals surface area contributed by atoms with Gasteiger partial charge in [-0.3, -0.25) is 9.36 Å². The number of hydrogen-bond acceptors (Lipinski definition) is 2. The minimum atomic E-state index is -1.03. The van der Waals surface area contributed by atoms with Gasteiger partial charge < -0.3 is 5.11 Å². The Morgan fingerprint density at radius 3 is 2.32 bits per heavy atom. The van der Waals surface area contributed by atoms with Gasteiger partial charge in [0.25, 0.3) is 5.91 Å². The van der Waals surface area contributed by atoms with E-state index in [1.54, 1.807) is 55.5 Å². The van der Waals surface area contributed by atoms with Crippen molar-refractivity contribution in [2.24, 2.45) is 0 Å². The molecule has 22 heavy (non-hydrogen) atoms. The predicted octanol–water partition coefficient (Wildman–Crippen LogP) is 4.10. The van der Waals surface area contributed by atoms with Gasteiger partial charge in [-0.05, 0) is 37.3 Å². The number of carboxylic acids is 1. The Balaban J connectivity index is 2.27. The van der Waals surface area contributed by atoms with Gasteiger partial charge >= 0.3 is 5.97 Å². The summed E-state index contributed by atoms with van der Waals surface area (Å²) in [5.74, 6) is -1.27. The van der Waals surface area contributed by atoms with Crippen LogP contribution in [0.3, 0.4) is 0 Å². The second-order valence-electron chi connectivity index (χ2n) is 4.93. The van der Waals surface area contributed by atoms with Crippen molar-refractivity contribution in [3.05, 3.63) is 69.8 Å². The molecule has 5 heteroatoms. The van der Waals surface area contributed by atoms with E-state index in [0.29, 0.717) is 22.2 Å². The molecule has 0 aliphatic rings. The molecular weight excluding hydrogens is 346 g/mol. The minimum Gasteiger partial charge on any atom is -0.478 e. The van der Waals surface area contributed by atoms with E-state index in [2.05, 4.69) is 15.9 Å². The molecule has 0 saturated carbocycles. The quantitative estimate of drug-likeness (QED) is 0.750. The van der Waals surface area contributed by atoms with Crippen molar-refractivity contribution in [3.8, 4) is 0 Å². The number of aromatic carboxylic acids is 1. The number of nitrogens with zero attached hydrogens (tertiary/aromatic N) is 1. The molecule has 0 amide bonds. The lowest BCUT2D eigenvalue weighted by molar-refractivity contribution is 0.0698. The van der Waals surface area contributed by atoms with Crippen molar-refractivity contribution in [2.45, 2.75) is 6.92 Å². The Morgan fingerprint density at radius 1 is 1.05 bits per heavy atom. The maximum atomic E-state index is 12.8. The van der Waals surface area contributed by atoms with Gasteiger partial charge in [-0.25, -0.2) is 4.79 Å². The van der Waals surface area contributed by atoms with Gasteiger partial charge in [0.05, 0.1) is 11.1 Å². The van der Waals surface area contributed by atoms with Crippen molar-refractivity contribution < 1.29 is 14.7 Å². The molecule has 0 atom stereocenters. The largest absolute Gasteiger partial charge is 0.478 e. The van der Waals surface area contributed by atoms with Crippen LogP contribution >= 0.6 is 15.9 Å². The molecule has 110 valence electrons. The Labute approximate surface area is 135 Å². The monoisotopic (exact) mass is 357 g/mol. The van der Waals surface area contributed by atoms with Crippen LogP contribution in [0.5, 0.6) is 0 Å². The predicted molar refractivity (Wildman–Crippen MR) is 87.5 cm³/mol. The second kappa shape index (κ2) is 5.42.